The van der Waals surface area contributed by atoms with Gasteiger partial charge in [-0.25, -0.2) is 8.42 Å². The summed E-state index contributed by atoms with van der Waals surface area (Å²) in [6.07, 6.45) is 1.09. The number of tetrazole rings is 1. The van der Waals surface area contributed by atoms with Gasteiger partial charge in [-0.3, -0.25) is 0 Å². The Balaban J connectivity index is 2.75. The lowest BCUT2D eigenvalue weighted by molar-refractivity contribution is 0.586. The summed E-state index contributed by atoms with van der Waals surface area (Å²) < 4.78 is 24.5. The van der Waals surface area contributed by atoms with E-state index >= 15 is 0 Å². The van der Waals surface area contributed by atoms with Crippen LogP contribution in [0.25, 0.3) is 5.69 Å². The molecule has 0 N–H and O–H groups in total. The van der Waals surface area contributed by atoms with E-state index in [2.05, 4.69) is 15.5 Å². The molecule has 0 radical (unpaired) electrons. The van der Waals surface area contributed by atoms with Crippen LogP contribution in [0, 0.1) is 20.8 Å². The molecule has 18 heavy (non-hydrogen) atoms. The first-order chi connectivity index (χ1) is 8.30. The molecule has 0 bridgehead atoms. The average Bonchev–Trinajstić information content (AvgIpc) is 2.63. The number of nitrogens with zero attached hydrogens (tertiary/aromatic N) is 4. The normalized spacial score (nSPS) is 11.8. The first kappa shape index (κ1) is 12.7. The molecule has 0 amide bonds. The third-order valence-corrected chi connectivity index (χ3v) is 3.54. The highest BCUT2D eigenvalue weighted by Gasteiger charge is 2.20. The van der Waals surface area contributed by atoms with Crippen molar-refractivity contribution >= 4 is 9.84 Å². The Bertz CT molecular complexity index is 681. The van der Waals surface area contributed by atoms with Crippen molar-refractivity contribution in [2.75, 3.05) is 6.26 Å². The highest BCUT2D eigenvalue weighted by atomic mass is 32.2. The Morgan fingerprint density at radius 3 is 2.17 bits per heavy atom. The van der Waals surface area contributed by atoms with E-state index in [1.54, 1.807) is 0 Å². The molecule has 1 aromatic carbocycles. The van der Waals surface area contributed by atoms with Crippen LogP contribution in [0.4, 0.5) is 0 Å². The molecule has 0 aliphatic heterocycles. The van der Waals surface area contributed by atoms with Gasteiger partial charge in [0, 0.05) is 6.26 Å². The predicted molar refractivity (Wildman–Crippen MR) is 66.5 cm³/mol. The maximum atomic E-state index is 11.6. The van der Waals surface area contributed by atoms with Crippen LogP contribution in [0.2, 0.25) is 0 Å². The first-order valence-electron chi connectivity index (χ1n) is 5.37. The molecule has 0 aliphatic carbocycles. The van der Waals surface area contributed by atoms with Gasteiger partial charge in [0.25, 0.3) is 5.16 Å². The monoisotopic (exact) mass is 266 g/mol. The topological polar surface area (TPSA) is 77.7 Å². The fourth-order valence-electron chi connectivity index (χ4n) is 2.06. The molecule has 0 fully saturated rings. The lowest BCUT2D eigenvalue weighted by Crippen LogP contribution is -2.11. The fourth-order valence-corrected chi connectivity index (χ4v) is 2.68. The van der Waals surface area contributed by atoms with E-state index in [4.69, 9.17) is 0 Å². The SMILES string of the molecule is Cc1cc(C)c(-n2nnnc2S(C)(=O)=O)c(C)c1. The zero-order chi connectivity index (χ0) is 13.5. The second-order valence-electron chi connectivity index (χ2n) is 4.39. The quantitative estimate of drug-likeness (QED) is 0.810. The van der Waals surface area contributed by atoms with Gasteiger partial charge in [-0.2, -0.15) is 4.68 Å². The van der Waals surface area contributed by atoms with Crippen LogP contribution in [-0.4, -0.2) is 34.9 Å². The van der Waals surface area contributed by atoms with E-state index < -0.39 is 9.84 Å². The zero-order valence-corrected chi connectivity index (χ0v) is 11.5. The second-order valence-corrected chi connectivity index (χ2v) is 6.30. The molecule has 96 valence electrons. The summed E-state index contributed by atoms with van der Waals surface area (Å²) in [6.45, 7) is 5.80. The first-order valence-corrected chi connectivity index (χ1v) is 7.26. The van der Waals surface area contributed by atoms with E-state index in [1.807, 2.05) is 32.9 Å². The predicted octanol–water partition coefficient (Wildman–Crippen LogP) is 0.991. The van der Waals surface area contributed by atoms with Gasteiger partial charge in [-0.05, 0) is 42.3 Å². The van der Waals surface area contributed by atoms with Crippen molar-refractivity contribution in [2.24, 2.45) is 0 Å². The van der Waals surface area contributed by atoms with Crippen LogP contribution in [0.15, 0.2) is 17.3 Å². The average molecular weight is 266 g/mol. The van der Waals surface area contributed by atoms with E-state index in [1.165, 1.54) is 4.68 Å². The smallest absolute Gasteiger partial charge is 0.221 e. The Labute approximate surface area is 106 Å². The highest BCUT2D eigenvalue weighted by molar-refractivity contribution is 7.90. The minimum absolute atomic E-state index is 0.141. The fraction of sp³-hybridized carbons (Fsp3) is 0.364. The van der Waals surface area contributed by atoms with Crippen molar-refractivity contribution in [1.82, 2.24) is 20.2 Å². The number of benzene rings is 1. The molecule has 1 heterocycles. The number of rotatable bonds is 2. The molecular formula is C11H14N4O2S. The molecule has 2 aromatic rings. The number of sulfone groups is 1. The minimum atomic E-state index is -3.46. The van der Waals surface area contributed by atoms with Gasteiger partial charge in [-0.15, -0.1) is 0 Å². The van der Waals surface area contributed by atoms with Gasteiger partial charge < -0.3 is 0 Å². The van der Waals surface area contributed by atoms with Gasteiger partial charge in [-0.1, -0.05) is 22.8 Å². The van der Waals surface area contributed by atoms with Crippen LogP contribution < -0.4 is 0 Å². The third-order valence-electron chi connectivity index (χ3n) is 2.62. The Kier molecular flexibility index (Phi) is 2.94. The summed E-state index contributed by atoms with van der Waals surface area (Å²) in [4.78, 5) is 0. The van der Waals surface area contributed by atoms with Gasteiger partial charge in [0.05, 0.1) is 5.69 Å². The molecule has 1 aromatic heterocycles. The van der Waals surface area contributed by atoms with Crippen molar-refractivity contribution in [3.8, 4) is 5.69 Å². The standard InChI is InChI=1S/C11H14N4O2S/c1-7-5-8(2)10(9(3)6-7)15-11(12-13-14-15)18(4,16)17/h5-6H,1-4H3. The van der Waals surface area contributed by atoms with Crippen molar-refractivity contribution in [1.29, 1.82) is 0 Å². The molecule has 0 aliphatic rings. The van der Waals surface area contributed by atoms with Crippen LogP contribution in [-0.2, 0) is 9.84 Å². The second kappa shape index (κ2) is 4.16. The van der Waals surface area contributed by atoms with Gasteiger partial charge in [0.1, 0.15) is 0 Å². The van der Waals surface area contributed by atoms with Gasteiger partial charge in [0.15, 0.2) is 0 Å². The molecule has 0 spiro atoms. The molecule has 0 saturated heterocycles. The Morgan fingerprint density at radius 1 is 1.11 bits per heavy atom. The van der Waals surface area contributed by atoms with Crippen LogP contribution in [0.5, 0.6) is 0 Å². The van der Waals surface area contributed by atoms with Crippen LogP contribution in [0.3, 0.4) is 0 Å². The van der Waals surface area contributed by atoms with E-state index in [9.17, 15) is 8.42 Å². The van der Waals surface area contributed by atoms with E-state index in [-0.39, 0.29) is 5.16 Å². The molecule has 0 atom stereocenters. The largest absolute Gasteiger partial charge is 0.272 e. The van der Waals surface area contributed by atoms with Crippen LogP contribution >= 0.6 is 0 Å². The number of aryl methyl sites for hydroxylation is 3. The maximum absolute atomic E-state index is 11.6. The van der Waals surface area contributed by atoms with Gasteiger partial charge >= 0.3 is 0 Å². The summed E-state index contributed by atoms with van der Waals surface area (Å²) >= 11 is 0. The lowest BCUT2D eigenvalue weighted by Gasteiger charge is -2.11. The molecular weight excluding hydrogens is 252 g/mol. The summed E-state index contributed by atoms with van der Waals surface area (Å²) in [5.74, 6) is 0. The Morgan fingerprint density at radius 2 is 1.67 bits per heavy atom. The summed E-state index contributed by atoms with van der Waals surface area (Å²) in [5, 5.41) is 10.7. The van der Waals surface area contributed by atoms with Crippen molar-refractivity contribution in [3.63, 3.8) is 0 Å². The molecule has 0 unspecified atom stereocenters. The Hall–Kier alpha value is -1.76. The van der Waals surface area contributed by atoms with E-state index in [0.29, 0.717) is 5.69 Å². The molecule has 2 rings (SSSR count). The zero-order valence-electron chi connectivity index (χ0n) is 10.7. The molecule has 0 saturated carbocycles. The maximum Gasteiger partial charge on any atom is 0.272 e. The minimum Gasteiger partial charge on any atom is -0.221 e. The van der Waals surface area contributed by atoms with Crippen molar-refractivity contribution < 1.29 is 8.42 Å². The number of hydrogen-bond donors (Lipinski definition) is 0. The van der Waals surface area contributed by atoms with Crippen molar-refractivity contribution in [3.05, 3.63) is 28.8 Å². The lowest BCUT2D eigenvalue weighted by atomic mass is 10.1. The number of aromatic nitrogens is 4. The number of hydrogen-bond acceptors (Lipinski definition) is 5. The van der Waals surface area contributed by atoms with Gasteiger partial charge in [0.2, 0.25) is 9.84 Å². The molecule has 7 heteroatoms. The molecule has 6 nitrogen and oxygen atoms in total. The third kappa shape index (κ3) is 2.13. The highest BCUT2D eigenvalue weighted by Crippen LogP contribution is 2.22. The summed E-state index contributed by atoms with van der Waals surface area (Å²) in [7, 11) is -3.46. The van der Waals surface area contributed by atoms with Crippen LogP contribution in [0.1, 0.15) is 16.7 Å². The summed E-state index contributed by atoms with van der Waals surface area (Å²) in [5.41, 5.74) is 3.70. The summed E-state index contributed by atoms with van der Waals surface area (Å²) in [6, 6.07) is 3.94. The van der Waals surface area contributed by atoms with E-state index in [0.717, 1.165) is 22.9 Å². The van der Waals surface area contributed by atoms with Crippen molar-refractivity contribution in [2.45, 2.75) is 25.9 Å².